The van der Waals surface area contributed by atoms with Crippen molar-refractivity contribution in [1.29, 1.82) is 0 Å². The Morgan fingerprint density at radius 1 is 1.23 bits per heavy atom. The molecule has 4 heteroatoms. The fourth-order valence-electron chi connectivity index (χ4n) is 4.02. The van der Waals surface area contributed by atoms with Crippen molar-refractivity contribution in [3.63, 3.8) is 0 Å². The van der Waals surface area contributed by atoms with Gasteiger partial charge in [-0.1, -0.05) is 12.1 Å². The molecule has 22 heavy (non-hydrogen) atoms. The van der Waals surface area contributed by atoms with Crippen LogP contribution in [-0.2, 0) is 6.42 Å². The molecule has 2 aliphatic rings. The van der Waals surface area contributed by atoms with E-state index in [1.54, 1.807) is 0 Å². The first kappa shape index (κ1) is 14.0. The number of hydrogen-bond donors (Lipinski definition) is 1. The van der Waals surface area contributed by atoms with E-state index in [2.05, 4.69) is 33.0 Å². The van der Waals surface area contributed by atoms with E-state index in [4.69, 9.17) is 5.11 Å². The number of rotatable bonds is 4. The Morgan fingerprint density at radius 2 is 2.18 bits per heavy atom. The van der Waals surface area contributed by atoms with Crippen LogP contribution >= 0.6 is 0 Å². The van der Waals surface area contributed by atoms with Crippen molar-refractivity contribution in [3.8, 4) is 0 Å². The van der Waals surface area contributed by atoms with Crippen molar-refractivity contribution in [2.24, 2.45) is 0 Å². The van der Waals surface area contributed by atoms with Gasteiger partial charge in [0.2, 0.25) is 0 Å². The summed E-state index contributed by atoms with van der Waals surface area (Å²) in [6, 6.07) is 7.19. The molecule has 0 bridgehead atoms. The summed E-state index contributed by atoms with van der Waals surface area (Å²) in [7, 11) is 0. The van der Waals surface area contributed by atoms with Gasteiger partial charge in [0.25, 0.3) is 0 Å². The third-order valence-corrected chi connectivity index (χ3v) is 5.09. The average molecular weight is 297 g/mol. The molecule has 0 radical (unpaired) electrons. The molecule has 1 fully saturated rings. The largest absolute Gasteiger partial charge is 0.396 e. The Labute approximate surface area is 131 Å². The summed E-state index contributed by atoms with van der Waals surface area (Å²) < 4.78 is 0. The summed E-state index contributed by atoms with van der Waals surface area (Å²) in [5.74, 6) is 0. The molecule has 1 aromatic heterocycles. The quantitative estimate of drug-likeness (QED) is 0.937. The van der Waals surface area contributed by atoms with Crippen LogP contribution in [0.3, 0.4) is 0 Å². The fourth-order valence-corrected chi connectivity index (χ4v) is 4.02. The number of hydrogen-bond acceptors (Lipinski definition) is 4. The van der Waals surface area contributed by atoms with Crippen molar-refractivity contribution < 1.29 is 5.11 Å². The highest BCUT2D eigenvalue weighted by atomic mass is 16.3. The molecule has 1 saturated heterocycles. The number of pyridine rings is 1. The van der Waals surface area contributed by atoms with Crippen molar-refractivity contribution >= 4 is 16.5 Å². The summed E-state index contributed by atoms with van der Waals surface area (Å²) >= 11 is 0. The van der Waals surface area contributed by atoms with Gasteiger partial charge in [-0.15, -0.1) is 0 Å². The smallest absolute Gasteiger partial charge is 0.0452 e. The van der Waals surface area contributed by atoms with Crippen LogP contribution in [0.2, 0.25) is 0 Å². The number of nitrogens with zero attached hydrogens (tertiary/aromatic N) is 3. The Hall–Kier alpha value is -1.65. The molecule has 0 saturated carbocycles. The molecule has 0 amide bonds. The Bertz CT molecular complexity index is 667. The number of likely N-dealkylation sites (tertiary alicyclic amines) is 1. The average Bonchev–Trinajstić information content (AvgIpc) is 3.02. The van der Waals surface area contributed by atoms with E-state index >= 15 is 0 Å². The lowest BCUT2D eigenvalue weighted by atomic mass is 9.97. The van der Waals surface area contributed by atoms with Gasteiger partial charge < -0.3 is 14.9 Å². The van der Waals surface area contributed by atoms with Gasteiger partial charge in [0, 0.05) is 67.7 Å². The highest BCUT2D eigenvalue weighted by Crippen LogP contribution is 2.36. The summed E-state index contributed by atoms with van der Waals surface area (Å²) in [4.78, 5) is 9.47. The van der Waals surface area contributed by atoms with E-state index in [0.717, 1.165) is 39.0 Å². The summed E-state index contributed by atoms with van der Waals surface area (Å²) in [5, 5.41) is 11.7. The van der Waals surface area contributed by atoms with Gasteiger partial charge in [0.05, 0.1) is 0 Å². The minimum absolute atomic E-state index is 0.296. The van der Waals surface area contributed by atoms with Gasteiger partial charge in [-0.25, -0.2) is 0 Å². The minimum atomic E-state index is 0.296. The first-order valence-electron chi connectivity index (χ1n) is 8.32. The molecule has 116 valence electrons. The molecule has 4 rings (SSSR count). The number of aliphatic hydroxyl groups excluding tert-OH is 1. The molecule has 0 aliphatic carbocycles. The predicted molar refractivity (Wildman–Crippen MR) is 89.3 cm³/mol. The Morgan fingerprint density at radius 3 is 3.09 bits per heavy atom. The van der Waals surface area contributed by atoms with Crippen LogP contribution < -0.4 is 4.90 Å². The molecule has 3 heterocycles. The van der Waals surface area contributed by atoms with Crippen LogP contribution in [0.4, 0.5) is 5.69 Å². The third kappa shape index (κ3) is 2.36. The zero-order valence-corrected chi connectivity index (χ0v) is 12.9. The Kier molecular flexibility index (Phi) is 3.72. The number of anilines is 1. The van der Waals surface area contributed by atoms with E-state index in [-0.39, 0.29) is 0 Å². The highest BCUT2D eigenvalue weighted by Gasteiger charge is 2.30. The van der Waals surface area contributed by atoms with E-state index in [9.17, 15) is 0 Å². The van der Waals surface area contributed by atoms with Gasteiger partial charge in [-0.3, -0.25) is 4.98 Å². The second-order valence-electron chi connectivity index (χ2n) is 6.44. The van der Waals surface area contributed by atoms with Gasteiger partial charge in [0.1, 0.15) is 0 Å². The molecule has 4 nitrogen and oxygen atoms in total. The number of aromatic nitrogens is 1. The minimum Gasteiger partial charge on any atom is -0.396 e. The van der Waals surface area contributed by atoms with Crippen LogP contribution in [0, 0.1) is 0 Å². The highest BCUT2D eigenvalue weighted by molar-refractivity contribution is 5.97. The maximum absolute atomic E-state index is 9.01. The van der Waals surface area contributed by atoms with Gasteiger partial charge >= 0.3 is 0 Å². The number of benzene rings is 1. The van der Waals surface area contributed by atoms with E-state index in [1.165, 1.54) is 28.4 Å². The summed E-state index contributed by atoms with van der Waals surface area (Å²) in [6.45, 7) is 4.68. The predicted octanol–water partition coefficient (Wildman–Crippen LogP) is 2.05. The topological polar surface area (TPSA) is 39.6 Å². The fraction of sp³-hybridized carbons (Fsp3) is 0.500. The van der Waals surface area contributed by atoms with E-state index < -0.39 is 0 Å². The number of aliphatic hydroxyl groups is 1. The molecular weight excluding hydrogens is 274 g/mol. The first-order chi connectivity index (χ1) is 10.9. The lowest BCUT2D eigenvalue weighted by molar-refractivity contribution is 0.246. The van der Waals surface area contributed by atoms with Crippen LogP contribution in [-0.4, -0.2) is 53.8 Å². The zero-order chi connectivity index (χ0) is 14.9. The second-order valence-corrected chi connectivity index (χ2v) is 6.44. The molecular formula is C18H23N3O. The summed E-state index contributed by atoms with van der Waals surface area (Å²) in [5.41, 5.74) is 2.77. The standard InChI is InChI=1S/C18H23N3O/c22-10-2-7-20-8-6-16(13-20)21-9-5-15-12-19-11-14-3-1-4-17(21)18(14)15/h1,3-4,11-12,16,22H,2,5-10,13H2. The Balaban J connectivity index is 1.61. The van der Waals surface area contributed by atoms with Crippen LogP contribution in [0.5, 0.6) is 0 Å². The molecule has 1 atom stereocenters. The maximum atomic E-state index is 9.01. The van der Waals surface area contributed by atoms with Crippen molar-refractivity contribution in [1.82, 2.24) is 9.88 Å². The van der Waals surface area contributed by atoms with Gasteiger partial charge in [-0.2, -0.15) is 0 Å². The van der Waals surface area contributed by atoms with Crippen LogP contribution in [0.1, 0.15) is 18.4 Å². The van der Waals surface area contributed by atoms with Gasteiger partial charge in [0.15, 0.2) is 0 Å². The SMILES string of the molecule is OCCCN1CCC(N2CCc3cncc4cccc2c34)C1. The molecule has 2 aliphatic heterocycles. The van der Waals surface area contributed by atoms with Crippen LogP contribution in [0.25, 0.3) is 10.8 Å². The molecule has 2 aromatic rings. The molecule has 1 aromatic carbocycles. The van der Waals surface area contributed by atoms with E-state index in [1.807, 2.05) is 12.4 Å². The molecule has 0 spiro atoms. The molecule has 1 unspecified atom stereocenters. The first-order valence-corrected chi connectivity index (χ1v) is 8.32. The van der Waals surface area contributed by atoms with E-state index in [0.29, 0.717) is 12.6 Å². The zero-order valence-electron chi connectivity index (χ0n) is 12.9. The normalized spacial score (nSPS) is 21.7. The van der Waals surface area contributed by atoms with Crippen molar-refractivity contribution in [2.45, 2.75) is 25.3 Å². The van der Waals surface area contributed by atoms with Crippen molar-refractivity contribution in [2.75, 3.05) is 37.7 Å². The third-order valence-electron chi connectivity index (χ3n) is 5.09. The lowest BCUT2D eigenvalue weighted by Crippen LogP contribution is -2.41. The maximum Gasteiger partial charge on any atom is 0.0452 e. The van der Waals surface area contributed by atoms with Crippen LogP contribution in [0.15, 0.2) is 30.6 Å². The monoisotopic (exact) mass is 297 g/mol. The lowest BCUT2D eigenvalue weighted by Gasteiger charge is -2.36. The van der Waals surface area contributed by atoms with Crippen molar-refractivity contribution in [3.05, 3.63) is 36.2 Å². The molecule has 1 N–H and O–H groups in total. The summed E-state index contributed by atoms with van der Waals surface area (Å²) in [6.07, 6.45) is 7.22. The second kappa shape index (κ2) is 5.86. The van der Waals surface area contributed by atoms with Gasteiger partial charge in [-0.05, 0) is 30.9 Å².